The summed E-state index contributed by atoms with van der Waals surface area (Å²) in [5.74, 6) is -0.0156. The lowest BCUT2D eigenvalue weighted by atomic mass is 9.82. The molecule has 0 aliphatic heterocycles. The lowest BCUT2D eigenvalue weighted by molar-refractivity contribution is 0.0516. The first kappa shape index (κ1) is 17.6. The van der Waals surface area contributed by atoms with Crippen LogP contribution in [0.3, 0.4) is 0 Å². The normalized spacial score (nSPS) is 14.4. The summed E-state index contributed by atoms with van der Waals surface area (Å²) in [5.41, 5.74) is 5.20. The highest BCUT2D eigenvalue weighted by atomic mass is 35.5. The predicted octanol–water partition coefficient (Wildman–Crippen LogP) is 2.79. The second kappa shape index (κ2) is 6.54. The van der Waals surface area contributed by atoms with E-state index in [1.54, 1.807) is 39.0 Å². The first-order chi connectivity index (χ1) is 9.59. The number of benzene rings is 1. The molecule has 1 amide bonds. The summed E-state index contributed by atoms with van der Waals surface area (Å²) >= 11 is 5.92. The number of alkyl carbamates (subject to hydrolysis) is 1. The van der Waals surface area contributed by atoms with Crippen molar-refractivity contribution in [3.63, 3.8) is 0 Å². The fraction of sp³-hybridized carbons (Fsp3) is 0.533. The van der Waals surface area contributed by atoms with E-state index in [1.807, 2.05) is 6.92 Å². The molecule has 118 valence electrons. The Hall–Kier alpha value is -1.46. The van der Waals surface area contributed by atoms with Gasteiger partial charge < -0.3 is 20.9 Å². The van der Waals surface area contributed by atoms with Gasteiger partial charge in [-0.2, -0.15) is 0 Å². The van der Waals surface area contributed by atoms with E-state index < -0.39 is 17.1 Å². The number of halogens is 1. The molecule has 1 aromatic rings. The Balaban J connectivity index is 2.86. The molecule has 0 saturated heterocycles. The van der Waals surface area contributed by atoms with Crippen molar-refractivity contribution in [1.29, 1.82) is 0 Å². The van der Waals surface area contributed by atoms with Crippen molar-refractivity contribution >= 4 is 17.7 Å². The zero-order valence-electron chi connectivity index (χ0n) is 12.9. The molecule has 0 aromatic heterocycles. The van der Waals surface area contributed by atoms with E-state index in [0.717, 1.165) is 0 Å². The number of hydrogen-bond acceptors (Lipinski definition) is 4. The molecule has 0 fully saturated rings. The molecule has 1 unspecified atom stereocenters. The van der Waals surface area contributed by atoms with Gasteiger partial charge in [0.05, 0.1) is 5.02 Å². The molecular weight excluding hydrogens is 292 g/mol. The van der Waals surface area contributed by atoms with Crippen LogP contribution >= 0.6 is 11.6 Å². The molecule has 0 radical (unpaired) electrons. The standard InChI is InChI=1S/C15H23ClN2O3/c1-14(2,3)21-13(20)18-9-15(4,8-17)10-6-5-7-11(16)12(10)19/h5-7,19H,8-9,17H2,1-4H3,(H,18,20). The Kier molecular flexibility index (Phi) is 5.48. The molecule has 1 atom stereocenters. The van der Waals surface area contributed by atoms with Crippen molar-refractivity contribution in [2.75, 3.05) is 13.1 Å². The third-order valence-corrected chi connectivity index (χ3v) is 3.41. The van der Waals surface area contributed by atoms with Gasteiger partial charge in [-0.1, -0.05) is 30.7 Å². The van der Waals surface area contributed by atoms with E-state index in [-0.39, 0.29) is 23.9 Å². The van der Waals surface area contributed by atoms with Crippen molar-refractivity contribution in [2.45, 2.75) is 38.7 Å². The number of carbonyl (C=O) groups excluding carboxylic acids is 1. The Morgan fingerprint density at radius 3 is 2.52 bits per heavy atom. The summed E-state index contributed by atoms with van der Waals surface area (Å²) in [7, 11) is 0. The fourth-order valence-corrected chi connectivity index (χ4v) is 2.04. The number of para-hydroxylation sites is 1. The Labute approximate surface area is 130 Å². The molecule has 1 aromatic carbocycles. The van der Waals surface area contributed by atoms with Crippen LogP contribution in [0.15, 0.2) is 18.2 Å². The summed E-state index contributed by atoms with van der Waals surface area (Å²) < 4.78 is 5.19. The number of nitrogens with two attached hydrogens (primary N) is 1. The highest BCUT2D eigenvalue weighted by Gasteiger charge is 2.30. The maximum atomic E-state index is 11.7. The zero-order valence-corrected chi connectivity index (χ0v) is 13.6. The lowest BCUT2D eigenvalue weighted by Crippen LogP contribution is -2.45. The minimum absolute atomic E-state index is 0.0156. The van der Waals surface area contributed by atoms with Gasteiger partial charge in [-0.15, -0.1) is 0 Å². The molecule has 4 N–H and O–H groups in total. The molecule has 0 aliphatic rings. The molecule has 0 bridgehead atoms. The smallest absolute Gasteiger partial charge is 0.407 e. The summed E-state index contributed by atoms with van der Waals surface area (Å²) in [6.45, 7) is 7.67. The third-order valence-electron chi connectivity index (χ3n) is 3.11. The first-order valence-electron chi connectivity index (χ1n) is 6.74. The maximum absolute atomic E-state index is 11.7. The monoisotopic (exact) mass is 314 g/mol. The van der Waals surface area contributed by atoms with Crippen LogP contribution in [0.1, 0.15) is 33.3 Å². The van der Waals surface area contributed by atoms with Gasteiger partial charge in [-0.25, -0.2) is 4.79 Å². The molecule has 21 heavy (non-hydrogen) atoms. The number of nitrogens with one attached hydrogen (secondary N) is 1. The highest BCUT2D eigenvalue weighted by Crippen LogP contribution is 2.35. The average Bonchev–Trinajstić information content (AvgIpc) is 2.37. The van der Waals surface area contributed by atoms with E-state index in [9.17, 15) is 9.90 Å². The number of aromatic hydroxyl groups is 1. The predicted molar refractivity (Wildman–Crippen MR) is 83.8 cm³/mol. The first-order valence-corrected chi connectivity index (χ1v) is 7.12. The van der Waals surface area contributed by atoms with Gasteiger partial charge in [0.25, 0.3) is 0 Å². The van der Waals surface area contributed by atoms with Crippen LogP contribution in [-0.2, 0) is 10.2 Å². The van der Waals surface area contributed by atoms with Gasteiger partial charge in [0.15, 0.2) is 0 Å². The molecular formula is C15H23ClN2O3. The van der Waals surface area contributed by atoms with Crippen LogP contribution in [0.2, 0.25) is 5.02 Å². The van der Waals surface area contributed by atoms with Gasteiger partial charge in [-0.05, 0) is 26.8 Å². The summed E-state index contributed by atoms with van der Waals surface area (Å²) in [4.78, 5) is 11.7. The molecule has 0 aliphatic carbocycles. The average molecular weight is 315 g/mol. The minimum Gasteiger partial charge on any atom is -0.506 e. The largest absolute Gasteiger partial charge is 0.506 e. The summed E-state index contributed by atoms with van der Waals surface area (Å²) in [6, 6.07) is 5.07. The number of phenolic OH excluding ortho intramolecular Hbond substituents is 1. The molecule has 0 saturated carbocycles. The molecule has 1 rings (SSSR count). The Morgan fingerprint density at radius 1 is 1.38 bits per heavy atom. The summed E-state index contributed by atoms with van der Waals surface area (Å²) in [6.07, 6.45) is -0.524. The van der Waals surface area contributed by atoms with Gasteiger partial charge in [0.2, 0.25) is 0 Å². The van der Waals surface area contributed by atoms with Gasteiger partial charge >= 0.3 is 6.09 Å². The Bertz CT molecular complexity index is 514. The van der Waals surface area contributed by atoms with Gasteiger partial charge in [0, 0.05) is 24.1 Å². The van der Waals surface area contributed by atoms with Gasteiger partial charge in [-0.3, -0.25) is 0 Å². The second-order valence-electron chi connectivity index (χ2n) is 6.26. The minimum atomic E-state index is -0.647. The van der Waals surface area contributed by atoms with Crippen LogP contribution in [0.25, 0.3) is 0 Å². The van der Waals surface area contributed by atoms with Crippen molar-refractivity contribution < 1.29 is 14.6 Å². The number of ether oxygens (including phenoxy) is 1. The van der Waals surface area contributed by atoms with Crippen molar-refractivity contribution in [3.05, 3.63) is 28.8 Å². The maximum Gasteiger partial charge on any atom is 0.407 e. The molecule has 0 heterocycles. The van der Waals surface area contributed by atoms with E-state index >= 15 is 0 Å². The quantitative estimate of drug-likeness (QED) is 0.798. The highest BCUT2D eigenvalue weighted by molar-refractivity contribution is 6.32. The van der Waals surface area contributed by atoms with E-state index in [2.05, 4.69) is 5.32 Å². The van der Waals surface area contributed by atoms with Crippen molar-refractivity contribution in [1.82, 2.24) is 5.32 Å². The van der Waals surface area contributed by atoms with Crippen molar-refractivity contribution in [3.8, 4) is 5.75 Å². The second-order valence-corrected chi connectivity index (χ2v) is 6.66. The SMILES string of the molecule is CC(C)(C)OC(=O)NCC(C)(CN)c1cccc(Cl)c1O. The van der Waals surface area contributed by atoms with E-state index in [4.69, 9.17) is 22.1 Å². The third kappa shape index (κ3) is 4.79. The van der Waals surface area contributed by atoms with Crippen LogP contribution in [0.4, 0.5) is 4.79 Å². The van der Waals surface area contributed by atoms with Crippen molar-refractivity contribution in [2.24, 2.45) is 5.73 Å². The lowest BCUT2D eigenvalue weighted by Gasteiger charge is -2.30. The number of hydrogen-bond donors (Lipinski definition) is 3. The fourth-order valence-electron chi connectivity index (χ4n) is 1.86. The van der Waals surface area contributed by atoms with Crippen LogP contribution in [-0.4, -0.2) is 29.9 Å². The van der Waals surface area contributed by atoms with E-state index in [1.165, 1.54) is 0 Å². The zero-order chi connectivity index (χ0) is 16.3. The number of amides is 1. The number of carbonyl (C=O) groups is 1. The van der Waals surface area contributed by atoms with E-state index in [0.29, 0.717) is 5.56 Å². The van der Waals surface area contributed by atoms with Gasteiger partial charge in [0.1, 0.15) is 11.4 Å². The molecule has 0 spiro atoms. The van der Waals surface area contributed by atoms with Crippen LogP contribution in [0.5, 0.6) is 5.75 Å². The number of rotatable bonds is 4. The topological polar surface area (TPSA) is 84.6 Å². The molecule has 6 heteroatoms. The Morgan fingerprint density at radius 2 is 2.00 bits per heavy atom. The number of phenols is 1. The van der Waals surface area contributed by atoms with Crippen LogP contribution < -0.4 is 11.1 Å². The van der Waals surface area contributed by atoms with Crippen LogP contribution in [0, 0.1) is 0 Å². The summed E-state index contributed by atoms with van der Waals surface area (Å²) in [5, 5.41) is 13.0. The molecule has 5 nitrogen and oxygen atoms in total.